The number of carbonyl (C=O) groups excluding carboxylic acids is 2. The van der Waals surface area contributed by atoms with Crippen LogP contribution < -0.4 is 19.5 Å². The van der Waals surface area contributed by atoms with Crippen molar-refractivity contribution >= 4 is 51.9 Å². The molecule has 0 spiro atoms. The van der Waals surface area contributed by atoms with Gasteiger partial charge < -0.3 is 19.5 Å². The fourth-order valence-electron chi connectivity index (χ4n) is 3.41. The van der Waals surface area contributed by atoms with Crippen LogP contribution in [0.3, 0.4) is 0 Å². The molecule has 2 aromatic rings. The van der Waals surface area contributed by atoms with Gasteiger partial charge in [-0.05, 0) is 49.2 Å². The van der Waals surface area contributed by atoms with E-state index in [4.69, 9.17) is 26.4 Å². The molecule has 0 radical (unpaired) electrons. The summed E-state index contributed by atoms with van der Waals surface area (Å²) in [5.74, 6) is 1.03. The molecule has 0 unspecified atom stereocenters. The second kappa shape index (κ2) is 10.7. The minimum absolute atomic E-state index is 0.136. The van der Waals surface area contributed by atoms with Gasteiger partial charge in [0, 0.05) is 18.7 Å². The Morgan fingerprint density at radius 3 is 2.33 bits per heavy atom. The van der Waals surface area contributed by atoms with E-state index in [9.17, 15) is 9.59 Å². The first-order chi connectivity index (χ1) is 15.8. The summed E-state index contributed by atoms with van der Waals surface area (Å²) in [6.45, 7) is 4.14. The van der Waals surface area contributed by atoms with E-state index in [1.54, 1.807) is 18.2 Å². The molecule has 0 saturated carbocycles. The Bertz CT molecular complexity index is 1100. The van der Waals surface area contributed by atoms with Gasteiger partial charge >= 0.3 is 0 Å². The monoisotopic (exact) mass is 486 g/mol. The SMILES string of the molecule is COc1cc(C=C2SC(=S)N(CCC(=O)Nc3ccc(C)cc3C)C2=O)cc(OC)c1OC. The van der Waals surface area contributed by atoms with E-state index in [0.29, 0.717) is 32.0 Å². The van der Waals surface area contributed by atoms with Gasteiger partial charge in [-0.3, -0.25) is 14.5 Å². The van der Waals surface area contributed by atoms with Gasteiger partial charge in [0.15, 0.2) is 11.5 Å². The molecule has 2 aromatic carbocycles. The average molecular weight is 487 g/mol. The summed E-state index contributed by atoms with van der Waals surface area (Å²) in [5, 5.41) is 2.90. The molecular weight excluding hydrogens is 460 g/mol. The molecule has 174 valence electrons. The molecule has 2 amide bonds. The van der Waals surface area contributed by atoms with Gasteiger partial charge in [-0.15, -0.1) is 0 Å². The summed E-state index contributed by atoms with van der Waals surface area (Å²) >= 11 is 6.59. The second-order valence-electron chi connectivity index (χ2n) is 7.41. The molecular formula is C24H26N2O5S2. The molecule has 0 atom stereocenters. The Hall–Kier alpha value is -3.04. The third-order valence-corrected chi connectivity index (χ3v) is 6.45. The first kappa shape index (κ1) is 24.6. The topological polar surface area (TPSA) is 77.1 Å². The van der Waals surface area contributed by atoms with Gasteiger partial charge in [0.2, 0.25) is 11.7 Å². The Morgan fingerprint density at radius 2 is 1.76 bits per heavy atom. The number of amides is 2. The second-order valence-corrected chi connectivity index (χ2v) is 9.08. The first-order valence-electron chi connectivity index (χ1n) is 10.2. The molecule has 9 heteroatoms. The van der Waals surface area contributed by atoms with Gasteiger partial charge in [0.05, 0.1) is 26.2 Å². The molecule has 1 N–H and O–H groups in total. The summed E-state index contributed by atoms with van der Waals surface area (Å²) in [6.07, 6.45) is 1.86. The number of methoxy groups -OCH3 is 3. The number of aryl methyl sites for hydroxylation is 2. The fraction of sp³-hybridized carbons (Fsp3) is 0.292. The van der Waals surface area contributed by atoms with Crippen LogP contribution in [0.25, 0.3) is 6.08 Å². The van der Waals surface area contributed by atoms with E-state index < -0.39 is 0 Å². The van der Waals surface area contributed by atoms with Crippen molar-refractivity contribution in [3.63, 3.8) is 0 Å². The molecule has 0 aliphatic carbocycles. The van der Waals surface area contributed by atoms with Crippen molar-refractivity contribution in [1.29, 1.82) is 0 Å². The number of nitrogens with zero attached hydrogens (tertiary/aromatic N) is 1. The molecule has 0 bridgehead atoms. The van der Waals surface area contributed by atoms with Crippen LogP contribution >= 0.6 is 24.0 Å². The van der Waals surface area contributed by atoms with Crippen LogP contribution in [0.2, 0.25) is 0 Å². The smallest absolute Gasteiger partial charge is 0.266 e. The van der Waals surface area contributed by atoms with E-state index in [1.807, 2.05) is 32.0 Å². The standard InChI is InChI=1S/C24H26N2O5S2/c1-14-6-7-17(15(2)10-14)25-21(27)8-9-26-23(28)20(33-24(26)32)13-16-11-18(29-3)22(31-5)19(12-16)30-4/h6-7,10-13H,8-9H2,1-5H3,(H,25,27). The maximum Gasteiger partial charge on any atom is 0.266 e. The van der Waals surface area contributed by atoms with E-state index in [2.05, 4.69) is 5.32 Å². The third-order valence-electron chi connectivity index (χ3n) is 5.08. The number of anilines is 1. The molecule has 3 rings (SSSR count). The lowest BCUT2D eigenvalue weighted by molar-refractivity contribution is -0.122. The summed E-state index contributed by atoms with van der Waals surface area (Å²) in [7, 11) is 4.59. The van der Waals surface area contributed by atoms with Gasteiger partial charge in [-0.25, -0.2) is 0 Å². The lowest BCUT2D eigenvalue weighted by atomic mass is 10.1. The van der Waals surface area contributed by atoms with Crippen LogP contribution in [0.5, 0.6) is 17.2 Å². The molecule has 1 aliphatic heterocycles. The number of carbonyl (C=O) groups is 2. The van der Waals surface area contributed by atoms with Gasteiger partial charge in [0.25, 0.3) is 5.91 Å². The predicted molar refractivity (Wildman–Crippen MR) is 135 cm³/mol. The molecule has 1 aliphatic rings. The number of hydrogen-bond donors (Lipinski definition) is 1. The van der Waals surface area contributed by atoms with E-state index >= 15 is 0 Å². The highest BCUT2D eigenvalue weighted by atomic mass is 32.2. The number of hydrogen-bond acceptors (Lipinski definition) is 7. The third kappa shape index (κ3) is 5.66. The number of rotatable bonds is 8. The molecule has 1 fully saturated rings. The Morgan fingerprint density at radius 1 is 1.09 bits per heavy atom. The number of thioether (sulfide) groups is 1. The number of nitrogens with one attached hydrogen (secondary N) is 1. The summed E-state index contributed by atoms with van der Waals surface area (Å²) in [6, 6.07) is 9.34. The van der Waals surface area contributed by atoms with E-state index in [1.165, 1.54) is 38.0 Å². The highest BCUT2D eigenvalue weighted by Crippen LogP contribution is 2.40. The number of ether oxygens (including phenoxy) is 3. The van der Waals surface area contributed by atoms with Crippen molar-refractivity contribution in [2.45, 2.75) is 20.3 Å². The molecule has 0 aromatic heterocycles. The van der Waals surface area contributed by atoms with Crippen LogP contribution in [0, 0.1) is 13.8 Å². The van der Waals surface area contributed by atoms with Gasteiger partial charge in [-0.1, -0.05) is 41.7 Å². The number of thiocarbonyl (C=S) groups is 1. The molecule has 7 nitrogen and oxygen atoms in total. The molecule has 1 heterocycles. The molecule has 33 heavy (non-hydrogen) atoms. The Labute approximate surface area is 203 Å². The highest BCUT2D eigenvalue weighted by molar-refractivity contribution is 8.26. The molecule has 1 saturated heterocycles. The normalized spacial score (nSPS) is 14.6. The quantitative estimate of drug-likeness (QED) is 0.433. The maximum atomic E-state index is 12.9. The van der Waals surface area contributed by atoms with E-state index in [0.717, 1.165) is 16.8 Å². The lowest BCUT2D eigenvalue weighted by Gasteiger charge is -2.15. The van der Waals surface area contributed by atoms with Crippen molar-refractivity contribution in [1.82, 2.24) is 4.90 Å². The highest BCUT2D eigenvalue weighted by Gasteiger charge is 2.32. The summed E-state index contributed by atoms with van der Waals surface area (Å²) < 4.78 is 16.5. The summed E-state index contributed by atoms with van der Waals surface area (Å²) in [4.78, 5) is 27.3. The zero-order valence-corrected chi connectivity index (χ0v) is 20.8. The van der Waals surface area contributed by atoms with Crippen LogP contribution in [0.15, 0.2) is 35.2 Å². The summed E-state index contributed by atoms with van der Waals surface area (Å²) in [5.41, 5.74) is 3.58. The van der Waals surface area contributed by atoms with Crippen LogP contribution in [-0.2, 0) is 9.59 Å². The van der Waals surface area contributed by atoms with Crippen molar-refractivity contribution < 1.29 is 23.8 Å². The minimum atomic E-state index is -0.238. The van der Waals surface area contributed by atoms with Crippen molar-refractivity contribution in [3.8, 4) is 17.2 Å². The van der Waals surface area contributed by atoms with Gasteiger partial charge in [-0.2, -0.15) is 0 Å². The first-order valence-corrected chi connectivity index (χ1v) is 11.4. The zero-order valence-electron chi connectivity index (χ0n) is 19.2. The van der Waals surface area contributed by atoms with Crippen LogP contribution in [-0.4, -0.2) is 48.9 Å². The fourth-order valence-corrected chi connectivity index (χ4v) is 4.72. The van der Waals surface area contributed by atoms with Crippen molar-refractivity contribution in [2.24, 2.45) is 0 Å². The van der Waals surface area contributed by atoms with Crippen molar-refractivity contribution in [3.05, 3.63) is 51.9 Å². The van der Waals surface area contributed by atoms with Crippen LogP contribution in [0.1, 0.15) is 23.1 Å². The average Bonchev–Trinajstić information content (AvgIpc) is 3.05. The van der Waals surface area contributed by atoms with Crippen molar-refractivity contribution in [2.75, 3.05) is 33.2 Å². The predicted octanol–water partition coefficient (Wildman–Crippen LogP) is 4.56. The number of benzene rings is 2. The van der Waals surface area contributed by atoms with E-state index in [-0.39, 0.29) is 24.8 Å². The largest absolute Gasteiger partial charge is 0.493 e. The van der Waals surface area contributed by atoms with Crippen LogP contribution in [0.4, 0.5) is 5.69 Å². The van der Waals surface area contributed by atoms with Gasteiger partial charge in [0.1, 0.15) is 4.32 Å². The maximum absolute atomic E-state index is 12.9. The Kier molecular flexibility index (Phi) is 7.99. The lowest BCUT2D eigenvalue weighted by Crippen LogP contribution is -2.31. The Balaban J connectivity index is 1.70. The zero-order chi connectivity index (χ0) is 24.1. The minimum Gasteiger partial charge on any atom is -0.493 e.